The van der Waals surface area contributed by atoms with E-state index in [1.165, 1.54) is 0 Å². The average molecular weight is 300 g/mol. The van der Waals surface area contributed by atoms with Crippen LogP contribution >= 0.6 is 27.5 Å². The molecule has 0 aliphatic heterocycles. The van der Waals surface area contributed by atoms with Crippen LogP contribution in [0.5, 0.6) is 0 Å². The number of aryl methyl sites for hydroxylation is 1. The molecule has 0 bridgehead atoms. The van der Waals surface area contributed by atoms with Gasteiger partial charge in [-0.2, -0.15) is 5.10 Å². The number of ketones is 1. The molecular weight excluding hydrogens is 291 g/mol. The van der Waals surface area contributed by atoms with Crippen LogP contribution < -0.4 is 0 Å². The number of hydrogen-bond donors (Lipinski definition) is 0. The summed E-state index contributed by atoms with van der Waals surface area (Å²) in [6.45, 7) is 0. The average Bonchev–Trinajstić information content (AvgIpc) is 2.68. The first-order valence-corrected chi connectivity index (χ1v) is 5.75. The third kappa shape index (κ3) is 2.03. The summed E-state index contributed by atoms with van der Waals surface area (Å²) in [7, 11) is 1.76. The second-order valence-electron chi connectivity index (χ2n) is 3.31. The fourth-order valence-electron chi connectivity index (χ4n) is 1.35. The van der Waals surface area contributed by atoms with Crippen molar-refractivity contribution in [3.8, 4) is 0 Å². The largest absolute Gasteiger partial charge is 0.287 e. The Morgan fingerprint density at radius 3 is 2.81 bits per heavy atom. The van der Waals surface area contributed by atoms with Crippen molar-refractivity contribution < 1.29 is 4.79 Å². The highest BCUT2D eigenvalue weighted by Gasteiger charge is 2.16. The Hall–Kier alpha value is -1.13. The van der Waals surface area contributed by atoms with Gasteiger partial charge in [0.1, 0.15) is 5.69 Å². The van der Waals surface area contributed by atoms with Crippen molar-refractivity contribution in [3.63, 3.8) is 0 Å². The van der Waals surface area contributed by atoms with E-state index in [0.717, 1.165) is 0 Å². The molecular formula is C11H8BrClN2O. The van der Waals surface area contributed by atoms with Gasteiger partial charge in [0.05, 0.1) is 5.02 Å². The Balaban J connectivity index is 2.45. The van der Waals surface area contributed by atoms with Crippen LogP contribution in [-0.4, -0.2) is 15.6 Å². The molecule has 1 heterocycles. The van der Waals surface area contributed by atoms with E-state index in [9.17, 15) is 4.79 Å². The molecule has 0 radical (unpaired) electrons. The van der Waals surface area contributed by atoms with E-state index >= 15 is 0 Å². The Labute approximate surface area is 106 Å². The first kappa shape index (κ1) is 11.4. The van der Waals surface area contributed by atoms with Gasteiger partial charge in [0.15, 0.2) is 0 Å². The van der Waals surface area contributed by atoms with Gasteiger partial charge in [0.25, 0.3) is 0 Å². The molecule has 0 N–H and O–H groups in total. The highest BCUT2D eigenvalue weighted by atomic mass is 79.9. The smallest absolute Gasteiger partial charge is 0.214 e. The molecule has 0 atom stereocenters. The van der Waals surface area contributed by atoms with Gasteiger partial charge < -0.3 is 0 Å². The zero-order valence-electron chi connectivity index (χ0n) is 8.45. The topological polar surface area (TPSA) is 34.9 Å². The summed E-state index contributed by atoms with van der Waals surface area (Å²) >= 11 is 9.32. The van der Waals surface area contributed by atoms with Gasteiger partial charge in [0.2, 0.25) is 5.78 Å². The first-order valence-electron chi connectivity index (χ1n) is 4.58. The molecule has 0 amide bonds. The SMILES string of the molecule is Cn1ccc(C(=O)c2cccc(Br)c2Cl)n1. The highest BCUT2D eigenvalue weighted by molar-refractivity contribution is 9.10. The highest BCUT2D eigenvalue weighted by Crippen LogP contribution is 2.27. The van der Waals surface area contributed by atoms with Gasteiger partial charge in [-0.05, 0) is 34.1 Å². The van der Waals surface area contributed by atoms with Gasteiger partial charge in [-0.15, -0.1) is 0 Å². The lowest BCUT2D eigenvalue weighted by molar-refractivity contribution is 0.103. The number of carbonyl (C=O) groups excluding carboxylic acids is 1. The van der Waals surface area contributed by atoms with E-state index in [2.05, 4.69) is 21.0 Å². The van der Waals surface area contributed by atoms with Gasteiger partial charge in [-0.1, -0.05) is 17.7 Å². The number of aromatic nitrogens is 2. The maximum atomic E-state index is 12.1. The number of carbonyl (C=O) groups is 1. The Kier molecular flexibility index (Phi) is 3.12. The molecule has 0 fully saturated rings. The summed E-state index contributed by atoms with van der Waals surface area (Å²) in [6, 6.07) is 6.91. The standard InChI is InChI=1S/C11H8BrClN2O/c1-15-6-5-9(14-15)11(16)7-3-2-4-8(12)10(7)13/h2-6H,1H3. The zero-order valence-corrected chi connectivity index (χ0v) is 10.8. The van der Waals surface area contributed by atoms with Gasteiger partial charge >= 0.3 is 0 Å². The van der Waals surface area contributed by atoms with E-state index in [-0.39, 0.29) is 5.78 Å². The quantitative estimate of drug-likeness (QED) is 0.799. The fourth-order valence-corrected chi connectivity index (χ4v) is 1.93. The molecule has 0 saturated heterocycles. The van der Waals surface area contributed by atoms with Crippen LogP contribution in [-0.2, 0) is 7.05 Å². The molecule has 1 aromatic heterocycles. The molecule has 0 saturated carbocycles. The lowest BCUT2D eigenvalue weighted by atomic mass is 10.1. The van der Waals surface area contributed by atoms with Crippen LogP contribution in [0.15, 0.2) is 34.9 Å². The van der Waals surface area contributed by atoms with Crippen LogP contribution in [0.2, 0.25) is 5.02 Å². The molecule has 82 valence electrons. The van der Waals surface area contributed by atoms with E-state index in [0.29, 0.717) is 20.8 Å². The lowest BCUT2D eigenvalue weighted by Crippen LogP contribution is -2.04. The molecule has 1 aromatic carbocycles. The molecule has 3 nitrogen and oxygen atoms in total. The summed E-state index contributed by atoms with van der Waals surface area (Å²) in [6.07, 6.45) is 1.72. The normalized spacial score (nSPS) is 10.4. The maximum Gasteiger partial charge on any atom is 0.214 e. The minimum Gasteiger partial charge on any atom is -0.287 e. The molecule has 0 spiro atoms. The van der Waals surface area contributed by atoms with Crippen molar-refractivity contribution in [2.75, 3.05) is 0 Å². The molecule has 0 aliphatic rings. The Morgan fingerprint density at radius 1 is 1.44 bits per heavy atom. The maximum absolute atomic E-state index is 12.1. The molecule has 16 heavy (non-hydrogen) atoms. The summed E-state index contributed by atoms with van der Waals surface area (Å²) in [5.74, 6) is -0.174. The molecule has 0 aliphatic carbocycles. The van der Waals surface area contributed by atoms with E-state index in [4.69, 9.17) is 11.6 Å². The Morgan fingerprint density at radius 2 is 2.19 bits per heavy atom. The van der Waals surface area contributed by atoms with Crippen LogP contribution in [0.25, 0.3) is 0 Å². The van der Waals surface area contributed by atoms with E-state index in [1.54, 1.807) is 42.2 Å². The van der Waals surface area contributed by atoms with Crippen molar-refractivity contribution in [2.24, 2.45) is 7.05 Å². The third-order valence-electron chi connectivity index (χ3n) is 2.14. The predicted octanol–water partition coefficient (Wildman–Crippen LogP) is 3.07. The fraction of sp³-hybridized carbons (Fsp3) is 0.0909. The lowest BCUT2D eigenvalue weighted by Gasteiger charge is -2.02. The number of halogens is 2. The van der Waals surface area contributed by atoms with Crippen LogP contribution in [0.4, 0.5) is 0 Å². The third-order valence-corrected chi connectivity index (χ3v) is 3.44. The summed E-state index contributed by atoms with van der Waals surface area (Å²) in [5.41, 5.74) is 0.845. The predicted molar refractivity (Wildman–Crippen MR) is 65.8 cm³/mol. The second kappa shape index (κ2) is 4.39. The number of hydrogen-bond acceptors (Lipinski definition) is 2. The zero-order chi connectivity index (χ0) is 11.7. The van der Waals surface area contributed by atoms with E-state index in [1.807, 2.05) is 0 Å². The number of benzene rings is 1. The van der Waals surface area contributed by atoms with Crippen molar-refractivity contribution in [3.05, 3.63) is 51.2 Å². The van der Waals surface area contributed by atoms with Gasteiger partial charge in [-0.25, -0.2) is 0 Å². The minimum atomic E-state index is -0.174. The molecule has 2 rings (SSSR count). The van der Waals surface area contributed by atoms with Gasteiger partial charge in [-0.3, -0.25) is 9.48 Å². The molecule has 5 heteroatoms. The van der Waals surface area contributed by atoms with Crippen LogP contribution in [0, 0.1) is 0 Å². The second-order valence-corrected chi connectivity index (χ2v) is 4.54. The van der Waals surface area contributed by atoms with Crippen molar-refractivity contribution >= 4 is 33.3 Å². The van der Waals surface area contributed by atoms with Gasteiger partial charge in [0, 0.05) is 23.3 Å². The number of rotatable bonds is 2. The van der Waals surface area contributed by atoms with Crippen LogP contribution in [0.3, 0.4) is 0 Å². The summed E-state index contributed by atoms with van der Waals surface area (Å²) in [4.78, 5) is 12.1. The molecule has 0 unspecified atom stereocenters. The van der Waals surface area contributed by atoms with Crippen LogP contribution in [0.1, 0.15) is 16.1 Å². The monoisotopic (exact) mass is 298 g/mol. The number of nitrogens with zero attached hydrogens (tertiary/aromatic N) is 2. The van der Waals surface area contributed by atoms with Crippen molar-refractivity contribution in [1.82, 2.24) is 9.78 Å². The summed E-state index contributed by atoms with van der Waals surface area (Å²) in [5, 5.41) is 4.47. The summed E-state index contributed by atoms with van der Waals surface area (Å²) < 4.78 is 2.29. The molecule has 2 aromatic rings. The van der Waals surface area contributed by atoms with E-state index < -0.39 is 0 Å². The minimum absolute atomic E-state index is 0.174. The van der Waals surface area contributed by atoms with Crippen molar-refractivity contribution in [1.29, 1.82) is 0 Å². The first-order chi connectivity index (χ1) is 7.59. The van der Waals surface area contributed by atoms with Crippen molar-refractivity contribution in [2.45, 2.75) is 0 Å². The Bertz CT molecular complexity index is 551.